The maximum atomic E-state index is 5.68. The third-order valence-electron chi connectivity index (χ3n) is 2.60. The molecule has 0 saturated heterocycles. The summed E-state index contributed by atoms with van der Waals surface area (Å²) in [5, 5.41) is 0. The molecule has 1 heteroatoms. The highest BCUT2D eigenvalue weighted by molar-refractivity contribution is 5.41. The van der Waals surface area contributed by atoms with E-state index >= 15 is 0 Å². The highest BCUT2D eigenvalue weighted by Crippen LogP contribution is 2.30. The lowest BCUT2D eigenvalue weighted by molar-refractivity contribution is 0.658. The van der Waals surface area contributed by atoms with Crippen LogP contribution < -0.4 is 5.73 Å². The second kappa shape index (κ2) is 3.18. The molecule has 0 bridgehead atoms. The van der Waals surface area contributed by atoms with E-state index in [-0.39, 0.29) is 0 Å². The Morgan fingerprint density at radius 1 is 1.58 bits per heavy atom. The van der Waals surface area contributed by atoms with Crippen LogP contribution >= 0.6 is 0 Å². The van der Waals surface area contributed by atoms with Crippen molar-refractivity contribution in [3.8, 4) is 0 Å². The lowest BCUT2D eigenvalue weighted by Gasteiger charge is -2.22. The fourth-order valence-corrected chi connectivity index (χ4v) is 1.58. The molecule has 0 spiro atoms. The van der Waals surface area contributed by atoms with Crippen LogP contribution in [0, 0.1) is 5.92 Å². The van der Waals surface area contributed by atoms with Crippen molar-refractivity contribution in [3.63, 3.8) is 0 Å². The largest absolute Gasteiger partial charge is 0.399 e. The van der Waals surface area contributed by atoms with E-state index in [1.807, 2.05) is 0 Å². The number of nitrogens with two attached hydrogens (primary N) is 1. The van der Waals surface area contributed by atoms with Crippen LogP contribution in [-0.2, 0) is 0 Å². The summed E-state index contributed by atoms with van der Waals surface area (Å²) in [6.07, 6.45) is 3.26. The van der Waals surface area contributed by atoms with Gasteiger partial charge in [-0.3, -0.25) is 0 Å². The van der Waals surface area contributed by atoms with Gasteiger partial charge in [-0.25, -0.2) is 0 Å². The maximum absolute atomic E-state index is 5.68. The van der Waals surface area contributed by atoms with Crippen LogP contribution in [0.3, 0.4) is 0 Å². The summed E-state index contributed by atoms with van der Waals surface area (Å²) < 4.78 is 0. The Balaban J connectivity index is 3.01. The first kappa shape index (κ1) is 9.11. The van der Waals surface area contributed by atoms with Gasteiger partial charge in [-0.15, -0.1) is 0 Å². The van der Waals surface area contributed by atoms with Gasteiger partial charge in [0.15, 0.2) is 0 Å². The average Bonchev–Trinajstić information content (AvgIpc) is 1.96. The first-order valence-corrected chi connectivity index (χ1v) is 4.35. The van der Waals surface area contributed by atoms with Crippen molar-refractivity contribution in [2.45, 2.75) is 27.2 Å². The van der Waals surface area contributed by atoms with Gasteiger partial charge in [-0.2, -0.15) is 0 Å². The molecular formula is C11H17N. The Morgan fingerprint density at radius 3 is 2.67 bits per heavy atom. The van der Waals surface area contributed by atoms with Crippen molar-refractivity contribution >= 4 is 0 Å². The molecule has 0 amide bonds. The van der Waals surface area contributed by atoms with E-state index in [4.69, 9.17) is 5.73 Å². The van der Waals surface area contributed by atoms with Crippen LogP contribution in [0.25, 0.3) is 0 Å². The van der Waals surface area contributed by atoms with Gasteiger partial charge in [0, 0.05) is 5.70 Å². The van der Waals surface area contributed by atoms with E-state index in [0.717, 1.165) is 12.1 Å². The van der Waals surface area contributed by atoms with Crippen molar-refractivity contribution in [1.82, 2.24) is 0 Å². The normalized spacial score (nSPS) is 23.9. The predicted molar refractivity (Wildman–Crippen MR) is 53.6 cm³/mol. The van der Waals surface area contributed by atoms with Crippen molar-refractivity contribution in [2.75, 3.05) is 0 Å². The average molecular weight is 163 g/mol. The Hall–Kier alpha value is -0.980. The van der Waals surface area contributed by atoms with Crippen LogP contribution in [0.15, 0.2) is 35.1 Å². The molecule has 1 atom stereocenters. The molecule has 0 aromatic rings. The molecule has 0 saturated carbocycles. The van der Waals surface area contributed by atoms with Gasteiger partial charge in [0.1, 0.15) is 0 Å². The number of allylic oxidation sites excluding steroid dienone is 4. The molecular weight excluding hydrogens is 146 g/mol. The van der Waals surface area contributed by atoms with Crippen LogP contribution in [0.2, 0.25) is 0 Å². The number of hydrogen-bond acceptors (Lipinski definition) is 1. The summed E-state index contributed by atoms with van der Waals surface area (Å²) in [7, 11) is 0. The molecule has 1 aliphatic carbocycles. The van der Waals surface area contributed by atoms with E-state index in [9.17, 15) is 0 Å². The monoisotopic (exact) mass is 163 g/mol. The Morgan fingerprint density at radius 2 is 2.17 bits per heavy atom. The van der Waals surface area contributed by atoms with Crippen LogP contribution in [0.4, 0.5) is 0 Å². The molecule has 12 heavy (non-hydrogen) atoms. The van der Waals surface area contributed by atoms with Gasteiger partial charge in [0.25, 0.3) is 0 Å². The van der Waals surface area contributed by atoms with Gasteiger partial charge in [0.2, 0.25) is 0 Å². The van der Waals surface area contributed by atoms with E-state index in [1.165, 1.54) is 16.7 Å². The summed E-state index contributed by atoms with van der Waals surface area (Å²) in [5.41, 5.74) is 10.4. The molecule has 1 unspecified atom stereocenters. The van der Waals surface area contributed by atoms with Crippen LogP contribution in [-0.4, -0.2) is 0 Å². The maximum Gasteiger partial charge on any atom is 0.0276 e. The predicted octanol–water partition coefficient (Wildman–Crippen LogP) is 2.76. The first-order valence-electron chi connectivity index (χ1n) is 4.35. The molecule has 2 N–H and O–H groups in total. The zero-order valence-corrected chi connectivity index (χ0v) is 8.15. The van der Waals surface area contributed by atoms with Gasteiger partial charge in [-0.05, 0) is 37.3 Å². The number of rotatable bonds is 1. The summed E-state index contributed by atoms with van der Waals surface area (Å²) in [6, 6.07) is 0. The molecule has 0 fully saturated rings. The minimum atomic E-state index is 0.615. The van der Waals surface area contributed by atoms with Crippen molar-refractivity contribution in [2.24, 2.45) is 11.7 Å². The Bertz CT molecular complexity index is 269. The molecule has 1 rings (SSSR count). The van der Waals surface area contributed by atoms with Crippen molar-refractivity contribution in [3.05, 3.63) is 35.1 Å². The summed E-state index contributed by atoms with van der Waals surface area (Å²) in [5.74, 6) is 0.615. The third-order valence-corrected chi connectivity index (χ3v) is 2.60. The molecule has 0 heterocycles. The summed E-state index contributed by atoms with van der Waals surface area (Å²) in [6.45, 7) is 10.3. The zero-order valence-electron chi connectivity index (χ0n) is 8.15. The lowest BCUT2D eigenvalue weighted by Crippen LogP contribution is -2.10. The lowest BCUT2D eigenvalue weighted by atomic mass is 9.85. The third kappa shape index (κ3) is 1.60. The highest BCUT2D eigenvalue weighted by Gasteiger charge is 2.15. The second-order valence-corrected chi connectivity index (χ2v) is 3.68. The van der Waals surface area contributed by atoms with Crippen LogP contribution in [0.5, 0.6) is 0 Å². The minimum Gasteiger partial charge on any atom is -0.399 e. The molecule has 0 radical (unpaired) electrons. The second-order valence-electron chi connectivity index (χ2n) is 3.68. The van der Waals surface area contributed by atoms with Crippen molar-refractivity contribution in [1.29, 1.82) is 0 Å². The minimum absolute atomic E-state index is 0.615. The fourth-order valence-electron chi connectivity index (χ4n) is 1.58. The van der Waals surface area contributed by atoms with E-state index in [0.29, 0.717) is 5.92 Å². The van der Waals surface area contributed by atoms with Crippen LogP contribution in [0.1, 0.15) is 27.2 Å². The highest BCUT2D eigenvalue weighted by atomic mass is 14.6. The van der Waals surface area contributed by atoms with E-state index in [1.54, 1.807) is 0 Å². The number of hydrogen-bond donors (Lipinski definition) is 1. The fraction of sp³-hybridized carbons (Fsp3) is 0.455. The first-order chi connectivity index (χ1) is 5.52. The standard InChI is InChI=1S/C11H17N/c1-7-5-9(3)11(10(4)12)6-8(7)2/h5,8H,4,6,12H2,1-3H3. The van der Waals surface area contributed by atoms with Gasteiger partial charge >= 0.3 is 0 Å². The van der Waals surface area contributed by atoms with Gasteiger partial charge in [0.05, 0.1) is 0 Å². The molecule has 1 aliphatic rings. The molecule has 0 aromatic heterocycles. The quantitative estimate of drug-likeness (QED) is 0.632. The van der Waals surface area contributed by atoms with E-state index < -0.39 is 0 Å². The van der Waals surface area contributed by atoms with E-state index in [2.05, 4.69) is 33.4 Å². The molecule has 1 nitrogen and oxygen atoms in total. The smallest absolute Gasteiger partial charge is 0.0276 e. The summed E-state index contributed by atoms with van der Waals surface area (Å²) >= 11 is 0. The summed E-state index contributed by atoms with van der Waals surface area (Å²) in [4.78, 5) is 0. The SMILES string of the molecule is C=C(N)C1=C(C)C=C(C)C(C)C1. The zero-order chi connectivity index (χ0) is 9.30. The molecule has 66 valence electrons. The van der Waals surface area contributed by atoms with Crippen molar-refractivity contribution < 1.29 is 0 Å². The molecule has 0 aliphatic heterocycles. The van der Waals surface area contributed by atoms with Gasteiger partial charge < -0.3 is 5.73 Å². The molecule has 0 aromatic carbocycles. The topological polar surface area (TPSA) is 26.0 Å². The van der Waals surface area contributed by atoms with Gasteiger partial charge in [-0.1, -0.05) is 25.2 Å². The Labute approximate surface area is 74.7 Å². The Kier molecular flexibility index (Phi) is 2.41.